The standard InChI is InChI=1S/C18H29NO/c1-4-14-7-5-8-15(11-14)18(19)16-9-6-10-17(12-16)20-13(2)3/h6,9-10,12-15,18H,4-5,7-8,11,19H2,1-3H3. The number of rotatable bonds is 5. The van der Waals surface area contributed by atoms with E-state index in [-0.39, 0.29) is 12.1 Å². The number of hydrogen-bond acceptors (Lipinski definition) is 2. The van der Waals surface area contributed by atoms with Crippen LogP contribution in [0, 0.1) is 11.8 Å². The van der Waals surface area contributed by atoms with Gasteiger partial charge in [-0.3, -0.25) is 0 Å². The van der Waals surface area contributed by atoms with E-state index in [9.17, 15) is 0 Å². The van der Waals surface area contributed by atoms with Gasteiger partial charge in [0.15, 0.2) is 0 Å². The fourth-order valence-electron chi connectivity index (χ4n) is 3.37. The first-order valence-electron chi connectivity index (χ1n) is 8.12. The van der Waals surface area contributed by atoms with Gasteiger partial charge in [0.25, 0.3) is 0 Å². The molecule has 0 aliphatic heterocycles. The third kappa shape index (κ3) is 3.99. The zero-order valence-corrected chi connectivity index (χ0v) is 13.1. The number of hydrogen-bond donors (Lipinski definition) is 1. The molecule has 0 heterocycles. The third-order valence-corrected chi connectivity index (χ3v) is 4.52. The van der Waals surface area contributed by atoms with Crippen molar-refractivity contribution in [3.8, 4) is 5.75 Å². The Morgan fingerprint density at radius 1 is 1.30 bits per heavy atom. The monoisotopic (exact) mass is 275 g/mol. The van der Waals surface area contributed by atoms with Crippen molar-refractivity contribution in [3.05, 3.63) is 29.8 Å². The fourth-order valence-corrected chi connectivity index (χ4v) is 3.37. The molecule has 1 aromatic rings. The molecule has 3 unspecified atom stereocenters. The van der Waals surface area contributed by atoms with Crippen molar-refractivity contribution in [2.24, 2.45) is 17.6 Å². The summed E-state index contributed by atoms with van der Waals surface area (Å²) in [4.78, 5) is 0. The molecule has 1 fully saturated rings. The smallest absolute Gasteiger partial charge is 0.120 e. The Bertz CT molecular complexity index is 416. The molecule has 1 aromatic carbocycles. The van der Waals surface area contributed by atoms with Crippen LogP contribution in [-0.2, 0) is 0 Å². The molecule has 0 aromatic heterocycles. The number of benzene rings is 1. The molecule has 2 N–H and O–H groups in total. The van der Waals surface area contributed by atoms with Gasteiger partial charge in [0.1, 0.15) is 5.75 Å². The average molecular weight is 275 g/mol. The minimum absolute atomic E-state index is 0.153. The molecule has 0 amide bonds. The van der Waals surface area contributed by atoms with Crippen molar-refractivity contribution >= 4 is 0 Å². The molecular formula is C18H29NO. The Morgan fingerprint density at radius 3 is 2.80 bits per heavy atom. The lowest BCUT2D eigenvalue weighted by Crippen LogP contribution is -2.26. The molecule has 2 rings (SSSR count). The summed E-state index contributed by atoms with van der Waals surface area (Å²) < 4.78 is 5.78. The van der Waals surface area contributed by atoms with Gasteiger partial charge < -0.3 is 10.5 Å². The predicted molar refractivity (Wildman–Crippen MR) is 84.9 cm³/mol. The van der Waals surface area contributed by atoms with Gasteiger partial charge in [-0.15, -0.1) is 0 Å². The maximum Gasteiger partial charge on any atom is 0.120 e. The summed E-state index contributed by atoms with van der Waals surface area (Å²) in [5.41, 5.74) is 7.76. The van der Waals surface area contributed by atoms with Crippen molar-refractivity contribution in [1.29, 1.82) is 0 Å². The Labute approximate surface area is 123 Å². The van der Waals surface area contributed by atoms with Gasteiger partial charge in [-0.1, -0.05) is 38.3 Å². The van der Waals surface area contributed by atoms with E-state index in [2.05, 4.69) is 39.0 Å². The minimum atomic E-state index is 0.153. The second kappa shape index (κ2) is 7.12. The second-order valence-electron chi connectivity index (χ2n) is 6.47. The molecule has 20 heavy (non-hydrogen) atoms. The molecule has 0 radical (unpaired) electrons. The van der Waals surface area contributed by atoms with Crippen LogP contribution < -0.4 is 10.5 Å². The number of ether oxygens (including phenoxy) is 1. The summed E-state index contributed by atoms with van der Waals surface area (Å²) in [5, 5.41) is 0. The lowest BCUT2D eigenvalue weighted by Gasteiger charge is -2.32. The first-order valence-corrected chi connectivity index (χ1v) is 8.12. The Hall–Kier alpha value is -1.02. The molecule has 0 bridgehead atoms. The van der Waals surface area contributed by atoms with Gasteiger partial charge in [0, 0.05) is 6.04 Å². The first kappa shape index (κ1) is 15.4. The molecule has 1 saturated carbocycles. The van der Waals surface area contributed by atoms with E-state index in [4.69, 9.17) is 10.5 Å². The van der Waals surface area contributed by atoms with Gasteiger partial charge in [0.05, 0.1) is 6.10 Å². The van der Waals surface area contributed by atoms with Gasteiger partial charge in [-0.25, -0.2) is 0 Å². The van der Waals surface area contributed by atoms with Crippen molar-refractivity contribution in [1.82, 2.24) is 0 Å². The van der Waals surface area contributed by atoms with Crippen molar-refractivity contribution in [3.63, 3.8) is 0 Å². The average Bonchev–Trinajstić information content (AvgIpc) is 2.46. The zero-order valence-electron chi connectivity index (χ0n) is 13.1. The summed E-state index contributed by atoms with van der Waals surface area (Å²) in [6.07, 6.45) is 6.77. The van der Waals surface area contributed by atoms with E-state index in [1.807, 2.05) is 6.07 Å². The highest BCUT2D eigenvalue weighted by Gasteiger charge is 2.26. The fraction of sp³-hybridized carbons (Fsp3) is 0.667. The molecule has 2 nitrogen and oxygen atoms in total. The topological polar surface area (TPSA) is 35.2 Å². The maximum absolute atomic E-state index is 6.53. The Morgan fingerprint density at radius 2 is 2.10 bits per heavy atom. The van der Waals surface area contributed by atoms with E-state index in [1.54, 1.807) is 0 Å². The molecule has 112 valence electrons. The summed E-state index contributed by atoms with van der Waals surface area (Å²) >= 11 is 0. The predicted octanol–water partition coefficient (Wildman–Crippen LogP) is 4.69. The third-order valence-electron chi connectivity index (χ3n) is 4.52. The molecule has 3 atom stereocenters. The first-order chi connectivity index (χ1) is 9.60. The summed E-state index contributed by atoms with van der Waals surface area (Å²) in [6, 6.07) is 8.51. The Kier molecular flexibility index (Phi) is 5.47. The lowest BCUT2D eigenvalue weighted by molar-refractivity contribution is 0.228. The highest BCUT2D eigenvalue weighted by atomic mass is 16.5. The van der Waals surface area contributed by atoms with Crippen LogP contribution in [0.3, 0.4) is 0 Å². The van der Waals surface area contributed by atoms with Crippen LogP contribution in [0.15, 0.2) is 24.3 Å². The normalized spacial score (nSPS) is 24.6. The van der Waals surface area contributed by atoms with Crippen LogP contribution in [0.5, 0.6) is 5.75 Å². The molecule has 0 spiro atoms. The summed E-state index contributed by atoms with van der Waals surface area (Å²) in [6.45, 7) is 6.41. The number of nitrogens with two attached hydrogens (primary N) is 1. The van der Waals surface area contributed by atoms with Crippen molar-refractivity contribution < 1.29 is 4.74 Å². The van der Waals surface area contributed by atoms with Gasteiger partial charge in [-0.2, -0.15) is 0 Å². The van der Waals surface area contributed by atoms with Crippen LogP contribution in [-0.4, -0.2) is 6.10 Å². The highest BCUT2D eigenvalue weighted by molar-refractivity contribution is 5.31. The molecular weight excluding hydrogens is 246 g/mol. The van der Waals surface area contributed by atoms with Crippen molar-refractivity contribution in [2.45, 2.75) is 65.0 Å². The van der Waals surface area contributed by atoms with E-state index < -0.39 is 0 Å². The zero-order chi connectivity index (χ0) is 14.5. The molecule has 1 aliphatic rings. The quantitative estimate of drug-likeness (QED) is 0.846. The second-order valence-corrected chi connectivity index (χ2v) is 6.47. The molecule has 0 saturated heterocycles. The molecule has 1 aliphatic carbocycles. The summed E-state index contributed by atoms with van der Waals surface area (Å²) in [7, 11) is 0. The Balaban J connectivity index is 2.06. The van der Waals surface area contributed by atoms with Gasteiger partial charge >= 0.3 is 0 Å². The van der Waals surface area contributed by atoms with Crippen LogP contribution in [0.1, 0.15) is 64.5 Å². The van der Waals surface area contributed by atoms with Crippen molar-refractivity contribution in [2.75, 3.05) is 0 Å². The SMILES string of the molecule is CCC1CCCC(C(N)c2cccc(OC(C)C)c2)C1. The van der Waals surface area contributed by atoms with Gasteiger partial charge in [0.2, 0.25) is 0 Å². The van der Waals surface area contributed by atoms with Crippen LogP contribution in [0.4, 0.5) is 0 Å². The summed E-state index contributed by atoms with van der Waals surface area (Å²) in [5.74, 6) is 2.44. The minimum Gasteiger partial charge on any atom is -0.491 e. The van der Waals surface area contributed by atoms with E-state index in [1.165, 1.54) is 37.7 Å². The van der Waals surface area contributed by atoms with Crippen LogP contribution >= 0.6 is 0 Å². The van der Waals surface area contributed by atoms with E-state index >= 15 is 0 Å². The largest absolute Gasteiger partial charge is 0.491 e. The maximum atomic E-state index is 6.53. The van der Waals surface area contributed by atoms with E-state index in [0.29, 0.717) is 5.92 Å². The van der Waals surface area contributed by atoms with Crippen LogP contribution in [0.2, 0.25) is 0 Å². The highest BCUT2D eigenvalue weighted by Crippen LogP contribution is 2.37. The van der Waals surface area contributed by atoms with Gasteiger partial charge in [-0.05, 0) is 56.2 Å². The lowest BCUT2D eigenvalue weighted by atomic mass is 9.75. The van der Waals surface area contributed by atoms with E-state index in [0.717, 1.165) is 11.7 Å². The molecule has 2 heteroatoms. The van der Waals surface area contributed by atoms with Crippen LogP contribution in [0.25, 0.3) is 0 Å².